The number of aliphatic hydroxyl groups is 1. The van der Waals surface area contributed by atoms with E-state index < -0.39 is 22.1 Å². The monoisotopic (exact) mass is 317 g/mol. The minimum Gasteiger partial charge on any atom is -0.480 e. The van der Waals surface area contributed by atoms with E-state index in [0.29, 0.717) is 25.1 Å². The third-order valence-corrected chi connectivity index (χ3v) is 5.68. The summed E-state index contributed by atoms with van der Waals surface area (Å²) in [5.41, 5.74) is 0.573. The average molecular weight is 317 g/mol. The molecule has 0 aromatic carbocycles. The first-order valence-electron chi connectivity index (χ1n) is 6.67. The number of aromatic nitrogens is 2. The second kappa shape index (κ2) is 5.74. The molecule has 1 aliphatic rings. The van der Waals surface area contributed by atoms with E-state index in [1.807, 2.05) is 0 Å². The van der Waals surface area contributed by atoms with Crippen LogP contribution in [0.15, 0.2) is 4.90 Å². The maximum atomic E-state index is 12.7. The zero-order chi connectivity index (χ0) is 15.8. The van der Waals surface area contributed by atoms with Gasteiger partial charge in [-0.3, -0.25) is 9.48 Å². The minimum atomic E-state index is -3.77. The molecule has 9 heteroatoms. The molecule has 1 saturated heterocycles. The molecule has 0 unspecified atom stereocenters. The van der Waals surface area contributed by atoms with Crippen molar-refractivity contribution < 1.29 is 23.4 Å². The molecule has 0 saturated carbocycles. The predicted molar refractivity (Wildman–Crippen MR) is 73.3 cm³/mol. The molecular weight excluding hydrogens is 298 g/mol. The van der Waals surface area contributed by atoms with Crippen LogP contribution >= 0.6 is 0 Å². The summed E-state index contributed by atoms with van der Waals surface area (Å²) in [6.07, 6.45) is 0.521. The van der Waals surface area contributed by atoms with Crippen LogP contribution in [-0.2, 0) is 21.4 Å². The van der Waals surface area contributed by atoms with Gasteiger partial charge in [0.1, 0.15) is 11.4 Å². The lowest BCUT2D eigenvalue weighted by molar-refractivity contribution is -0.137. The lowest BCUT2D eigenvalue weighted by Crippen LogP contribution is -2.42. The summed E-state index contributed by atoms with van der Waals surface area (Å²) < 4.78 is 27.8. The summed E-state index contributed by atoms with van der Waals surface area (Å²) >= 11 is 0. The van der Waals surface area contributed by atoms with Crippen molar-refractivity contribution in [2.24, 2.45) is 0 Å². The van der Waals surface area contributed by atoms with Crippen LogP contribution in [0.2, 0.25) is 0 Å². The molecule has 1 aliphatic heterocycles. The van der Waals surface area contributed by atoms with Gasteiger partial charge in [-0.15, -0.1) is 0 Å². The molecule has 2 N–H and O–H groups in total. The molecule has 0 amide bonds. The quantitative estimate of drug-likeness (QED) is 0.790. The van der Waals surface area contributed by atoms with Gasteiger partial charge in [0.15, 0.2) is 0 Å². The van der Waals surface area contributed by atoms with Crippen LogP contribution in [0.4, 0.5) is 0 Å². The minimum absolute atomic E-state index is 0.0397. The molecule has 2 rings (SSSR count). The van der Waals surface area contributed by atoms with E-state index in [4.69, 9.17) is 5.11 Å². The SMILES string of the molecule is Cc1nn(CC(=O)O)c(C)c1S(=O)(=O)N1CCC[C@H](O)C1. The van der Waals surface area contributed by atoms with E-state index in [2.05, 4.69) is 5.10 Å². The Kier molecular flexibility index (Phi) is 4.35. The number of hydrogen-bond donors (Lipinski definition) is 2. The Bertz CT molecular complexity index is 652. The van der Waals surface area contributed by atoms with E-state index in [0.717, 1.165) is 0 Å². The first kappa shape index (κ1) is 15.9. The van der Waals surface area contributed by atoms with Gasteiger partial charge in [-0.1, -0.05) is 0 Å². The van der Waals surface area contributed by atoms with Crippen LogP contribution in [0, 0.1) is 13.8 Å². The number of carboxylic acids is 1. The summed E-state index contributed by atoms with van der Waals surface area (Å²) in [6, 6.07) is 0. The third-order valence-electron chi connectivity index (χ3n) is 3.56. The van der Waals surface area contributed by atoms with E-state index in [9.17, 15) is 18.3 Å². The summed E-state index contributed by atoms with van der Waals surface area (Å²) in [5, 5.41) is 22.5. The number of sulfonamides is 1. The molecule has 1 aromatic heterocycles. The van der Waals surface area contributed by atoms with Crippen molar-refractivity contribution in [3.63, 3.8) is 0 Å². The number of aliphatic carboxylic acids is 1. The third kappa shape index (κ3) is 3.09. The molecule has 0 aliphatic carbocycles. The molecule has 1 atom stereocenters. The molecule has 1 fully saturated rings. The Hall–Kier alpha value is -1.45. The van der Waals surface area contributed by atoms with Crippen molar-refractivity contribution in [2.45, 2.75) is 44.2 Å². The van der Waals surface area contributed by atoms with E-state index in [1.54, 1.807) is 6.92 Å². The van der Waals surface area contributed by atoms with Crippen molar-refractivity contribution >= 4 is 16.0 Å². The van der Waals surface area contributed by atoms with Gasteiger partial charge in [0.05, 0.1) is 17.5 Å². The van der Waals surface area contributed by atoms with E-state index >= 15 is 0 Å². The maximum Gasteiger partial charge on any atom is 0.325 e. The van der Waals surface area contributed by atoms with Crippen molar-refractivity contribution in [3.05, 3.63) is 11.4 Å². The van der Waals surface area contributed by atoms with Crippen molar-refractivity contribution in [1.82, 2.24) is 14.1 Å². The Balaban J connectivity index is 2.40. The molecule has 8 nitrogen and oxygen atoms in total. The Labute approximate surface area is 123 Å². The molecule has 2 heterocycles. The number of rotatable bonds is 4. The fraction of sp³-hybridized carbons (Fsp3) is 0.667. The van der Waals surface area contributed by atoms with Gasteiger partial charge in [-0.25, -0.2) is 8.42 Å². The second-order valence-electron chi connectivity index (χ2n) is 5.21. The number of carboxylic acid groups (broad SMARTS) is 1. The van der Waals surface area contributed by atoms with Crippen molar-refractivity contribution in [2.75, 3.05) is 13.1 Å². The van der Waals surface area contributed by atoms with Crippen molar-refractivity contribution in [1.29, 1.82) is 0 Å². The number of β-amino-alcohol motifs (C(OH)–C–C–N with tert-alkyl or cyclic N) is 1. The Morgan fingerprint density at radius 1 is 1.43 bits per heavy atom. The van der Waals surface area contributed by atoms with Gasteiger partial charge in [0, 0.05) is 13.1 Å². The van der Waals surface area contributed by atoms with Crippen LogP contribution in [0.25, 0.3) is 0 Å². The van der Waals surface area contributed by atoms with Crippen LogP contribution in [0.5, 0.6) is 0 Å². The maximum absolute atomic E-state index is 12.7. The molecular formula is C12H19N3O5S. The molecule has 21 heavy (non-hydrogen) atoms. The van der Waals surface area contributed by atoms with Gasteiger partial charge < -0.3 is 10.2 Å². The fourth-order valence-electron chi connectivity index (χ4n) is 2.60. The lowest BCUT2D eigenvalue weighted by Gasteiger charge is -2.29. The summed E-state index contributed by atoms with van der Waals surface area (Å²) in [7, 11) is -3.77. The van der Waals surface area contributed by atoms with Crippen LogP contribution < -0.4 is 0 Å². The molecule has 0 bridgehead atoms. The van der Waals surface area contributed by atoms with Crippen molar-refractivity contribution in [3.8, 4) is 0 Å². The molecule has 0 radical (unpaired) electrons. The highest BCUT2D eigenvalue weighted by atomic mass is 32.2. The summed E-state index contributed by atoms with van der Waals surface area (Å²) in [4.78, 5) is 10.8. The number of nitrogens with zero attached hydrogens (tertiary/aromatic N) is 3. The highest BCUT2D eigenvalue weighted by Gasteiger charge is 2.34. The van der Waals surface area contributed by atoms with E-state index in [1.165, 1.54) is 15.9 Å². The van der Waals surface area contributed by atoms with Gasteiger partial charge in [-0.05, 0) is 26.7 Å². The zero-order valence-corrected chi connectivity index (χ0v) is 12.8. The topological polar surface area (TPSA) is 113 Å². The predicted octanol–water partition coefficient (Wildman–Crippen LogP) is -0.270. The van der Waals surface area contributed by atoms with Crippen LogP contribution in [0.1, 0.15) is 24.2 Å². The number of aliphatic hydroxyl groups excluding tert-OH is 1. The average Bonchev–Trinajstić information content (AvgIpc) is 2.64. The Morgan fingerprint density at radius 3 is 2.67 bits per heavy atom. The standard InChI is InChI=1S/C12H19N3O5S/c1-8-12(9(2)15(13-8)7-11(17)18)21(19,20)14-5-3-4-10(16)6-14/h10,16H,3-7H2,1-2H3,(H,17,18)/t10-/m0/s1. The molecule has 0 spiro atoms. The fourth-order valence-corrected chi connectivity index (χ4v) is 4.49. The number of hydrogen-bond acceptors (Lipinski definition) is 5. The van der Waals surface area contributed by atoms with E-state index in [-0.39, 0.29) is 23.7 Å². The van der Waals surface area contributed by atoms with Gasteiger partial charge >= 0.3 is 5.97 Å². The highest BCUT2D eigenvalue weighted by Crippen LogP contribution is 2.26. The van der Waals surface area contributed by atoms with Gasteiger partial charge in [0.25, 0.3) is 0 Å². The number of aryl methyl sites for hydroxylation is 1. The normalized spacial score (nSPS) is 20.6. The van der Waals surface area contributed by atoms with Crippen LogP contribution in [-0.4, -0.2) is 57.9 Å². The summed E-state index contributed by atoms with van der Waals surface area (Å²) in [6.45, 7) is 3.10. The first-order chi connectivity index (χ1) is 9.73. The highest BCUT2D eigenvalue weighted by molar-refractivity contribution is 7.89. The zero-order valence-electron chi connectivity index (χ0n) is 12.0. The number of piperidine rings is 1. The smallest absolute Gasteiger partial charge is 0.325 e. The van der Waals surface area contributed by atoms with Crippen LogP contribution in [0.3, 0.4) is 0 Å². The largest absolute Gasteiger partial charge is 0.480 e. The molecule has 118 valence electrons. The summed E-state index contributed by atoms with van der Waals surface area (Å²) in [5.74, 6) is -1.09. The lowest BCUT2D eigenvalue weighted by atomic mass is 10.1. The molecule has 1 aromatic rings. The van der Waals surface area contributed by atoms with Gasteiger partial charge in [0.2, 0.25) is 10.0 Å². The Morgan fingerprint density at radius 2 is 2.10 bits per heavy atom. The number of carbonyl (C=O) groups is 1. The second-order valence-corrected chi connectivity index (χ2v) is 7.09. The van der Waals surface area contributed by atoms with Gasteiger partial charge in [-0.2, -0.15) is 9.40 Å². The first-order valence-corrected chi connectivity index (χ1v) is 8.11.